The molecule has 0 aliphatic heterocycles. The zero-order valence-corrected chi connectivity index (χ0v) is 10.4. The fourth-order valence-electron chi connectivity index (χ4n) is 2.00. The molecule has 0 heterocycles. The molecule has 0 spiro atoms. The van der Waals surface area contributed by atoms with Crippen molar-refractivity contribution in [2.24, 2.45) is 0 Å². The summed E-state index contributed by atoms with van der Waals surface area (Å²) in [5.41, 5.74) is 3.85. The van der Waals surface area contributed by atoms with E-state index in [1.165, 1.54) is 24.0 Å². The summed E-state index contributed by atoms with van der Waals surface area (Å²) in [4.78, 5) is 13.2. The summed E-state index contributed by atoms with van der Waals surface area (Å²) in [6.07, 6.45) is 3.58. The number of carbonyl (C=O) groups is 1. The Morgan fingerprint density at radius 3 is 2.87 bits per heavy atom. The minimum Gasteiger partial charge on any atom is -0.315 e. The number of hydrogen-bond acceptors (Lipinski definition) is 1. The van der Waals surface area contributed by atoms with E-state index in [-0.39, 0.29) is 5.91 Å². The fourth-order valence-corrected chi connectivity index (χ4v) is 2.38. The summed E-state index contributed by atoms with van der Waals surface area (Å²) >= 11 is 3.18. The van der Waals surface area contributed by atoms with Crippen LogP contribution in [0.1, 0.15) is 17.5 Å². The molecular formula is C12H14BrNO. The van der Waals surface area contributed by atoms with Crippen molar-refractivity contribution in [2.45, 2.75) is 19.3 Å². The van der Waals surface area contributed by atoms with Crippen LogP contribution in [0.3, 0.4) is 0 Å². The number of anilines is 1. The van der Waals surface area contributed by atoms with E-state index in [4.69, 9.17) is 0 Å². The second-order valence-electron chi connectivity index (χ2n) is 3.89. The number of rotatable bonds is 2. The summed E-state index contributed by atoms with van der Waals surface area (Å²) < 4.78 is 0. The average molecular weight is 268 g/mol. The Hall–Kier alpha value is -0.830. The van der Waals surface area contributed by atoms with Crippen molar-refractivity contribution in [2.75, 3.05) is 17.3 Å². The average Bonchev–Trinajstić information content (AvgIpc) is 2.73. The molecule has 1 aromatic carbocycles. The van der Waals surface area contributed by atoms with Gasteiger partial charge in [-0.2, -0.15) is 0 Å². The van der Waals surface area contributed by atoms with Crippen molar-refractivity contribution in [3.8, 4) is 0 Å². The summed E-state index contributed by atoms with van der Waals surface area (Å²) in [6.45, 7) is 0. The van der Waals surface area contributed by atoms with Crippen molar-refractivity contribution in [3.63, 3.8) is 0 Å². The third-order valence-corrected chi connectivity index (χ3v) is 3.44. The Morgan fingerprint density at radius 1 is 1.40 bits per heavy atom. The molecule has 2 rings (SSSR count). The molecule has 0 bridgehead atoms. The molecule has 0 atom stereocenters. The van der Waals surface area contributed by atoms with E-state index in [0.717, 1.165) is 12.1 Å². The molecule has 0 N–H and O–H groups in total. The van der Waals surface area contributed by atoms with Crippen LogP contribution in [-0.2, 0) is 17.6 Å². The van der Waals surface area contributed by atoms with Gasteiger partial charge in [0.1, 0.15) is 0 Å². The summed E-state index contributed by atoms with van der Waals surface area (Å²) in [5.74, 6) is 0.0907. The summed E-state index contributed by atoms with van der Waals surface area (Å²) in [5, 5.41) is 0.376. The number of aryl methyl sites for hydroxylation is 2. The molecule has 0 radical (unpaired) electrons. The van der Waals surface area contributed by atoms with Crippen LogP contribution < -0.4 is 4.90 Å². The van der Waals surface area contributed by atoms with Gasteiger partial charge >= 0.3 is 0 Å². The molecule has 0 saturated carbocycles. The summed E-state index contributed by atoms with van der Waals surface area (Å²) in [6, 6.07) is 6.32. The van der Waals surface area contributed by atoms with Gasteiger partial charge in [-0.1, -0.05) is 22.0 Å². The van der Waals surface area contributed by atoms with Crippen molar-refractivity contribution in [1.82, 2.24) is 0 Å². The Kier molecular flexibility index (Phi) is 3.10. The smallest absolute Gasteiger partial charge is 0.237 e. The van der Waals surface area contributed by atoms with E-state index in [2.05, 4.69) is 28.1 Å². The Bertz CT molecular complexity index is 389. The minimum absolute atomic E-state index is 0.0907. The van der Waals surface area contributed by atoms with Crippen LogP contribution >= 0.6 is 15.9 Å². The van der Waals surface area contributed by atoms with Gasteiger partial charge in [0.25, 0.3) is 0 Å². The molecule has 0 fully saturated rings. The standard InChI is InChI=1S/C12H14BrNO/c1-14(12(15)8-13)11-6-5-9-3-2-4-10(9)7-11/h5-7H,2-4,8H2,1H3. The lowest BCUT2D eigenvalue weighted by molar-refractivity contribution is -0.115. The third-order valence-electron chi connectivity index (χ3n) is 2.96. The molecule has 3 heteroatoms. The van der Waals surface area contributed by atoms with Crippen LogP contribution in [-0.4, -0.2) is 18.3 Å². The normalized spacial score (nSPS) is 13.7. The highest BCUT2D eigenvalue weighted by Gasteiger charge is 2.14. The van der Waals surface area contributed by atoms with Gasteiger partial charge < -0.3 is 4.90 Å². The third kappa shape index (κ3) is 2.07. The lowest BCUT2D eigenvalue weighted by atomic mass is 10.1. The molecular weight excluding hydrogens is 254 g/mol. The highest BCUT2D eigenvalue weighted by molar-refractivity contribution is 9.09. The predicted molar refractivity (Wildman–Crippen MR) is 65.7 cm³/mol. The highest BCUT2D eigenvalue weighted by Crippen LogP contribution is 2.26. The number of halogens is 1. The fraction of sp³-hybridized carbons (Fsp3) is 0.417. The topological polar surface area (TPSA) is 20.3 Å². The van der Waals surface area contributed by atoms with Gasteiger partial charge in [-0.15, -0.1) is 0 Å². The molecule has 0 saturated heterocycles. The molecule has 0 unspecified atom stereocenters. The van der Waals surface area contributed by atoms with Gasteiger partial charge in [0, 0.05) is 12.7 Å². The Balaban J connectivity index is 2.26. The first-order chi connectivity index (χ1) is 7.22. The van der Waals surface area contributed by atoms with Crippen molar-refractivity contribution in [1.29, 1.82) is 0 Å². The van der Waals surface area contributed by atoms with Gasteiger partial charge in [0.15, 0.2) is 0 Å². The van der Waals surface area contributed by atoms with Crippen LogP contribution in [0.15, 0.2) is 18.2 Å². The molecule has 2 nitrogen and oxygen atoms in total. The number of fused-ring (bicyclic) bond motifs is 1. The largest absolute Gasteiger partial charge is 0.315 e. The van der Waals surface area contributed by atoms with Gasteiger partial charge in [0.2, 0.25) is 5.91 Å². The van der Waals surface area contributed by atoms with E-state index in [0.29, 0.717) is 5.33 Å². The second-order valence-corrected chi connectivity index (χ2v) is 4.45. The Labute approximate surface area is 98.4 Å². The number of benzene rings is 1. The maximum absolute atomic E-state index is 11.5. The minimum atomic E-state index is 0.0907. The lowest BCUT2D eigenvalue weighted by Gasteiger charge is -2.17. The summed E-state index contributed by atoms with van der Waals surface area (Å²) in [7, 11) is 1.82. The molecule has 1 amide bonds. The number of carbonyl (C=O) groups excluding carboxylic acids is 1. The van der Waals surface area contributed by atoms with Gasteiger partial charge in [0.05, 0.1) is 5.33 Å². The van der Waals surface area contributed by atoms with E-state index >= 15 is 0 Å². The molecule has 1 aliphatic rings. The predicted octanol–water partition coefficient (Wildman–Crippen LogP) is 2.53. The maximum Gasteiger partial charge on any atom is 0.237 e. The van der Waals surface area contributed by atoms with Crippen molar-refractivity contribution >= 4 is 27.5 Å². The van der Waals surface area contributed by atoms with Gasteiger partial charge in [-0.3, -0.25) is 4.79 Å². The van der Waals surface area contributed by atoms with E-state index in [1.807, 2.05) is 13.1 Å². The monoisotopic (exact) mass is 267 g/mol. The maximum atomic E-state index is 11.5. The van der Waals surface area contributed by atoms with Gasteiger partial charge in [-0.05, 0) is 42.5 Å². The first-order valence-corrected chi connectivity index (χ1v) is 6.29. The quantitative estimate of drug-likeness (QED) is 0.755. The molecule has 1 aliphatic carbocycles. The van der Waals surface area contributed by atoms with Crippen LogP contribution in [0.4, 0.5) is 5.69 Å². The number of nitrogens with zero attached hydrogens (tertiary/aromatic N) is 1. The van der Waals surface area contributed by atoms with Crippen molar-refractivity contribution in [3.05, 3.63) is 29.3 Å². The molecule has 0 aromatic heterocycles. The molecule has 1 aromatic rings. The van der Waals surface area contributed by atoms with E-state index < -0.39 is 0 Å². The first-order valence-electron chi connectivity index (χ1n) is 5.16. The molecule has 80 valence electrons. The molecule has 15 heavy (non-hydrogen) atoms. The van der Waals surface area contributed by atoms with Crippen LogP contribution in [0.25, 0.3) is 0 Å². The number of alkyl halides is 1. The first kappa shape index (κ1) is 10.7. The second kappa shape index (κ2) is 4.35. The van der Waals surface area contributed by atoms with Crippen LogP contribution in [0, 0.1) is 0 Å². The number of hydrogen-bond donors (Lipinski definition) is 0. The zero-order valence-electron chi connectivity index (χ0n) is 8.79. The van der Waals surface area contributed by atoms with Crippen LogP contribution in [0.2, 0.25) is 0 Å². The highest BCUT2D eigenvalue weighted by atomic mass is 79.9. The van der Waals surface area contributed by atoms with E-state index in [9.17, 15) is 4.79 Å². The zero-order chi connectivity index (χ0) is 10.8. The van der Waals surface area contributed by atoms with Crippen LogP contribution in [0.5, 0.6) is 0 Å². The van der Waals surface area contributed by atoms with E-state index in [1.54, 1.807) is 4.90 Å². The number of amides is 1. The van der Waals surface area contributed by atoms with Crippen molar-refractivity contribution < 1.29 is 4.79 Å². The SMILES string of the molecule is CN(C(=O)CBr)c1ccc2c(c1)CCC2. The lowest BCUT2D eigenvalue weighted by Crippen LogP contribution is -2.27. The Morgan fingerprint density at radius 2 is 2.13 bits per heavy atom. The van der Waals surface area contributed by atoms with Gasteiger partial charge in [-0.25, -0.2) is 0 Å².